The van der Waals surface area contributed by atoms with Gasteiger partial charge in [-0.3, -0.25) is 4.79 Å². The number of hydrogen-bond acceptors (Lipinski definition) is 6. The molecule has 0 aliphatic rings. The first-order chi connectivity index (χ1) is 14.2. The Balaban J connectivity index is 1.85. The number of fused-ring (bicyclic) bond motifs is 1. The summed E-state index contributed by atoms with van der Waals surface area (Å²) < 4.78 is 4.81. The van der Waals surface area contributed by atoms with Crippen molar-refractivity contribution < 1.29 is 9.53 Å². The fourth-order valence-corrected chi connectivity index (χ4v) is 4.71. The highest BCUT2D eigenvalue weighted by atomic mass is 32.1. The summed E-state index contributed by atoms with van der Waals surface area (Å²) in [6.45, 7) is 10.9. The van der Waals surface area contributed by atoms with Crippen LogP contribution in [0.25, 0.3) is 10.2 Å². The van der Waals surface area contributed by atoms with Gasteiger partial charge in [0.25, 0.3) is 5.56 Å². The van der Waals surface area contributed by atoms with E-state index >= 15 is 0 Å². The van der Waals surface area contributed by atoms with E-state index in [0.29, 0.717) is 44.9 Å². The molecule has 6 nitrogen and oxygen atoms in total. The molecule has 0 amide bonds. The number of aromatic nitrogens is 2. The maximum Gasteiger partial charge on any atom is 0.348 e. The van der Waals surface area contributed by atoms with Crippen molar-refractivity contribution in [1.82, 2.24) is 15.3 Å². The number of aromatic amines is 1. The van der Waals surface area contributed by atoms with Crippen LogP contribution in [0.4, 0.5) is 0 Å². The fourth-order valence-electron chi connectivity index (χ4n) is 3.59. The van der Waals surface area contributed by atoms with Gasteiger partial charge in [0.15, 0.2) is 0 Å². The van der Waals surface area contributed by atoms with Crippen LogP contribution in [-0.2, 0) is 11.3 Å². The van der Waals surface area contributed by atoms with E-state index in [9.17, 15) is 9.59 Å². The molecule has 0 spiro atoms. The van der Waals surface area contributed by atoms with Crippen molar-refractivity contribution in [2.45, 2.75) is 53.1 Å². The molecule has 0 saturated heterocycles. The number of thiophene rings is 1. The monoisotopic (exact) mass is 427 g/mol. The Hall–Kier alpha value is -2.51. The standard InChI is InChI=1S/C23H29N3O3S/c1-12(2)15-7-9-16(10-8-15)19(13(3)4)24-11-17-25-21(27)18-14(5)20(23(28)29-6)30-22(18)26-17/h7-10,12-13,19,24H,11H2,1-6H3,(H,25,26,27)/t19-/m1/s1. The van der Waals surface area contributed by atoms with E-state index in [1.165, 1.54) is 29.6 Å². The lowest BCUT2D eigenvalue weighted by Crippen LogP contribution is -2.27. The van der Waals surface area contributed by atoms with Gasteiger partial charge in [-0.15, -0.1) is 11.3 Å². The van der Waals surface area contributed by atoms with Crippen LogP contribution >= 0.6 is 11.3 Å². The number of carbonyl (C=O) groups excluding carboxylic acids is 1. The average molecular weight is 428 g/mol. The van der Waals surface area contributed by atoms with E-state index < -0.39 is 5.97 Å². The number of nitrogens with zero attached hydrogens (tertiary/aromatic N) is 1. The number of benzene rings is 1. The van der Waals surface area contributed by atoms with Crippen LogP contribution in [0.5, 0.6) is 0 Å². The molecule has 3 aromatic rings. The number of H-pyrrole nitrogens is 1. The fraction of sp³-hybridized carbons (Fsp3) is 0.435. The highest BCUT2D eigenvalue weighted by Gasteiger charge is 2.21. The summed E-state index contributed by atoms with van der Waals surface area (Å²) in [4.78, 5) is 33.0. The normalized spacial score (nSPS) is 12.7. The zero-order valence-electron chi connectivity index (χ0n) is 18.3. The summed E-state index contributed by atoms with van der Waals surface area (Å²) in [5.74, 6) is 0.962. The van der Waals surface area contributed by atoms with Crippen LogP contribution in [0.15, 0.2) is 29.1 Å². The van der Waals surface area contributed by atoms with Crippen LogP contribution in [-0.4, -0.2) is 23.0 Å². The molecule has 0 unspecified atom stereocenters. The highest BCUT2D eigenvalue weighted by Crippen LogP contribution is 2.28. The van der Waals surface area contributed by atoms with E-state index in [-0.39, 0.29) is 11.6 Å². The van der Waals surface area contributed by atoms with Crippen LogP contribution < -0.4 is 10.9 Å². The van der Waals surface area contributed by atoms with Crippen LogP contribution in [0, 0.1) is 12.8 Å². The molecule has 0 radical (unpaired) electrons. The van der Waals surface area contributed by atoms with E-state index in [1.807, 2.05) is 0 Å². The average Bonchev–Trinajstić information content (AvgIpc) is 3.04. The third-order valence-electron chi connectivity index (χ3n) is 5.34. The lowest BCUT2D eigenvalue weighted by Gasteiger charge is -2.23. The van der Waals surface area contributed by atoms with Gasteiger partial charge in [0.05, 0.1) is 19.0 Å². The largest absolute Gasteiger partial charge is 0.465 e. The number of rotatable bonds is 7. The number of esters is 1. The van der Waals surface area contributed by atoms with E-state index in [1.54, 1.807) is 6.92 Å². The Morgan fingerprint density at radius 2 is 1.80 bits per heavy atom. The van der Waals surface area contributed by atoms with Crippen molar-refractivity contribution in [3.63, 3.8) is 0 Å². The molecular weight excluding hydrogens is 398 g/mol. The van der Waals surface area contributed by atoms with Crippen molar-refractivity contribution in [3.8, 4) is 0 Å². The lowest BCUT2D eigenvalue weighted by molar-refractivity contribution is 0.0605. The van der Waals surface area contributed by atoms with Gasteiger partial charge >= 0.3 is 5.97 Å². The summed E-state index contributed by atoms with van der Waals surface area (Å²) in [6, 6.07) is 8.80. The molecule has 2 heterocycles. The van der Waals surface area contributed by atoms with Crippen LogP contribution in [0.2, 0.25) is 0 Å². The number of methoxy groups -OCH3 is 1. The minimum Gasteiger partial charge on any atom is -0.465 e. The second-order valence-electron chi connectivity index (χ2n) is 8.16. The maximum atomic E-state index is 12.6. The molecule has 2 aromatic heterocycles. The molecule has 0 aliphatic carbocycles. The summed E-state index contributed by atoms with van der Waals surface area (Å²) in [5, 5.41) is 3.98. The van der Waals surface area contributed by atoms with E-state index in [2.05, 4.69) is 67.2 Å². The summed E-state index contributed by atoms with van der Waals surface area (Å²) >= 11 is 1.19. The van der Waals surface area contributed by atoms with Crippen LogP contribution in [0.3, 0.4) is 0 Å². The molecule has 7 heteroatoms. The quantitative estimate of drug-likeness (QED) is 0.535. The smallest absolute Gasteiger partial charge is 0.348 e. The molecule has 3 rings (SSSR count). The predicted octanol–water partition coefficient (Wildman–Crippen LogP) is 4.69. The van der Waals surface area contributed by atoms with Crippen molar-refractivity contribution in [1.29, 1.82) is 0 Å². The Bertz CT molecular complexity index is 1100. The third kappa shape index (κ3) is 4.47. The molecule has 0 fully saturated rings. The zero-order valence-corrected chi connectivity index (χ0v) is 19.1. The Kier molecular flexibility index (Phi) is 6.73. The number of aryl methyl sites for hydroxylation is 1. The molecule has 2 N–H and O–H groups in total. The topological polar surface area (TPSA) is 84.1 Å². The Labute approximate surface area is 180 Å². The van der Waals surface area contributed by atoms with Gasteiger partial charge in [-0.2, -0.15) is 0 Å². The van der Waals surface area contributed by atoms with Crippen molar-refractivity contribution >= 4 is 27.5 Å². The summed E-state index contributed by atoms with van der Waals surface area (Å²) in [6.07, 6.45) is 0. The molecule has 160 valence electrons. The number of nitrogens with one attached hydrogen (secondary N) is 2. The number of hydrogen-bond donors (Lipinski definition) is 2. The first-order valence-corrected chi connectivity index (χ1v) is 11.0. The molecule has 0 aliphatic heterocycles. The maximum absolute atomic E-state index is 12.6. The minimum atomic E-state index is -0.445. The SMILES string of the molecule is COC(=O)c1sc2nc(CN[C@@H](c3ccc(C(C)C)cc3)C(C)C)[nH]c(=O)c2c1C. The first kappa shape index (κ1) is 22.2. The number of ether oxygens (including phenoxy) is 1. The van der Waals surface area contributed by atoms with Gasteiger partial charge in [-0.1, -0.05) is 52.0 Å². The van der Waals surface area contributed by atoms with Crippen molar-refractivity contribution in [3.05, 3.63) is 62.0 Å². The van der Waals surface area contributed by atoms with Crippen molar-refractivity contribution in [2.75, 3.05) is 7.11 Å². The Morgan fingerprint density at radius 3 is 2.37 bits per heavy atom. The number of carbonyl (C=O) groups is 1. The summed E-state index contributed by atoms with van der Waals surface area (Å²) in [7, 11) is 1.33. The minimum absolute atomic E-state index is 0.128. The zero-order chi connectivity index (χ0) is 22.0. The van der Waals surface area contributed by atoms with Gasteiger partial charge in [0, 0.05) is 6.04 Å². The van der Waals surface area contributed by atoms with Gasteiger partial charge in [-0.05, 0) is 35.4 Å². The van der Waals surface area contributed by atoms with Gasteiger partial charge in [-0.25, -0.2) is 9.78 Å². The lowest BCUT2D eigenvalue weighted by atomic mass is 9.93. The molecule has 1 atom stereocenters. The van der Waals surface area contributed by atoms with Crippen LogP contribution in [0.1, 0.15) is 71.8 Å². The molecule has 1 aromatic carbocycles. The third-order valence-corrected chi connectivity index (χ3v) is 6.50. The van der Waals surface area contributed by atoms with E-state index in [0.717, 1.165) is 0 Å². The first-order valence-electron chi connectivity index (χ1n) is 10.2. The highest BCUT2D eigenvalue weighted by molar-refractivity contribution is 7.20. The van der Waals surface area contributed by atoms with Gasteiger partial charge < -0.3 is 15.0 Å². The predicted molar refractivity (Wildman–Crippen MR) is 121 cm³/mol. The summed E-state index contributed by atoms with van der Waals surface area (Å²) in [5.41, 5.74) is 2.90. The molecule has 30 heavy (non-hydrogen) atoms. The second-order valence-corrected chi connectivity index (χ2v) is 9.16. The van der Waals surface area contributed by atoms with Gasteiger partial charge in [0.2, 0.25) is 0 Å². The van der Waals surface area contributed by atoms with Gasteiger partial charge in [0.1, 0.15) is 15.5 Å². The van der Waals surface area contributed by atoms with Crippen molar-refractivity contribution in [2.24, 2.45) is 5.92 Å². The molecular formula is C23H29N3O3S. The second kappa shape index (κ2) is 9.10. The molecule has 0 bridgehead atoms. The Morgan fingerprint density at radius 1 is 1.17 bits per heavy atom. The molecule has 0 saturated carbocycles. The van der Waals surface area contributed by atoms with E-state index in [4.69, 9.17) is 4.74 Å².